The van der Waals surface area contributed by atoms with Crippen molar-refractivity contribution in [2.75, 3.05) is 0 Å². The Hall–Kier alpha value is -0.760. The molecule has 1 aromatic carbocycles. The van der Waals surface area contributed by atoms with E-state index in [1.54, 1.807) is 0 Å². The number of fused-ring (bicyclic) bond motifs is 1. The van der Waals surface area contributed by atoms with E-state index in [0.717, 1.165) is 10.5 Å². The van der Waals surface area contributed by atoms with Crippen LogP contribution >= 0.6 is 11.8 Å². The Kier molecular flexibility index (Phi) is 2.40. The topological polar surface area (TPSA) is 17.1 Å². The van der Waals surface area contributed by atoms with Gasteiger partial charge in [-0.05, 0) is 37.1 Å². The summed E-state index contributed by atoms with van der Waals surface area (Å²) in [7, 11) is 0. The molecular weight excluding hydrogens is 192 g/mol. The van der Waals surface area contributed by atoms with Crippen LogP contribution in [-0.4, -0.2) is 11.0 Å². The van der Waals surface area contributed by atoms with Crippen molar-refractivity contribution in [3.8, 4) is 0 Å². The number of thioether (sulfide) groups is 1. The highest BCUT2D eigenvalue weighted by atomic mass is 32.2. The molecule has 1 unspecified atom stereocenters. The van der Waals surface area contributed by atoms with Crippen molar-refractivity contribution in [3.05, 3.63) is 28.8 Å². The molecule has 1 aliphatic rings. The molecule has 0 radical (unpaired) electrons. The average molecular weight is 206 g/mol. The van der Waals surface area contributed by atoms with E-state index in [-0.39, 0.29) is 0 Å². The predicted octanol–water partition coefficient (Wildman–Crippen LogP) is 3.37. The van der Waals surface area contributed by atoms with Crippen molar-refractivity contribution in [3.63, 3.8) is 0 Å². The molecule has 0 N–H and O–H groups in total. The standard InChI is InChI=1S/C12H14OS/c1-7-4-10-11(13)6-9(3)14-12(10)5-8(7)2/h4-5,9H,6H2,1-3H3. The zero-order valence-electron chi connectivity index (χ0n) is 8.76. The van der Waals surface area contributed by atoms with Gasteiger partial charge in [0.2, 0.25) is 0 Å². The molecule has 0 saturated heterocycles. The van der Waals surface area contributed by atoms with Gasteiger partial charge in [-0.2, -0.15) is 0 Å². The van der Waals surface area contributed by atoms with Gasteiger partial charge < -0.3 is 0 Å². The molecule has 2 heteroatoms. The number of carbonyl (C=O) groups excluding carboxylic acids is 1. The Bertz CT molecular complexity index is 396. The van der Waals surface area contributed by atoms with Crippen LogP contribution in [0.25, 0.3) is 0 Å². The first-order chi connectivity index (χ1) is 6.58. The van der Waals surface area contributed by atoms with Gasteiger partial charge >= 0.3 is 0 Å². The number of hydrogen-bond donors (Lipinski definition) is 0. The third kappa shape index (κ3) is 1.59. The molecule has 1 nitrogen and oxygen atoms in total. The first kappa shape index (κ1) is 9.78. The van der Waals surface area contributed by atoms with Crippen LogP contribution in [0.15, 0.2) is 17.0 Å². The first-order valence-corrected chi connectivity index (χ1v) is 5.77. The highest BCUT2D eigenvalue weighted by molar-refractivity contribution is 8.00. The van der Waals surface area contributed by atoms with Gasteiger partial charge in [0.1, 0.15) is 0 Å². The minimum absolute atomic E-state index is 0.300. The Morgan fingerprint density at radius 1 is 1.29 bits per heavy atom. The molecule has 2 rings (SSSR count). The predicted molar refractivity (Wildman–Crippen MR) is 60.2 cm³/mol. The number of carbonyl (C=O) groups is 1. The quantitative estimate of drug-likeness (QED) is 0.647. The number of aryl methyl sites for hydroxylation is 2. The number of hydrogen-bond acceptors (Lipinski definition) is 2. The lowest BCUT2D eigenvalue weighted by molar-refractivity contribution is 0.0978. The van der Waals surface area contributed by atoms with Gasteiger partial charge in [0.25, 0.3) is 0 Å². The number of rotatable bonds is 0. The Morgan fingerprint density at radius 2 is 1.93 bits per heavy atom. The van der Waals surface area contributed by atoms with Crippen LogP contribution in [0.1, 0.15) is 34.8 Å². The highest BCUT2D eigenvalue weighted by Crippen LogP contribution is 2.36. The monoisotopic (exact) mass is 206 g/mol. The SMILES string of the molecule is Cc1cc2c(cc1C)C(=O)CC(C)S2. The summed E-state index contributed by atoms with van der Waals surface area (Å²) >= 11 is 1.82. The van der Waals surface area contributed by atoms with Crippen molar-refractivity contribution < 1.29 is 4.79 Å². The summed E-state index contributed by atoms with van der Waals surface area (Å²) in [5, 5.41) is 0.428. The van der Waals surface area contributed by atoms with E-state index in [1.807, 2.05) is 17.8 Å². The molecule has 0 amide bonds. The summed E-state index contributed by atoms with van der Waals surface area (Å²) in [5.41, 5.74) is 3.42. The zero-order valence-corrected chi connectivity index (χ0v) is 9.57. The lowest BCUT2D eigenvalue weighted by atomic mass is 10.0. The van der Waals surface area contributed by atoms with Gasteiger partial charge in [0, 0.05) is 22.1 Å². The molecule has 1 aliphatic heterocycles. The third-order valence-corrected chi connectivity index (χ3v) is 3.86. The normalized spacial score (nSPS) is 20.8. The molecule has 0 aliphatic carbocycles. The van der Waals surface area contributed by atoms with E-state index in [9.17, 15) is 4.79 Å². The second-order valence-corrected chi connectivity index (χ2v) is 5.47. The molecule has 14 heavy (non-hydrogen) atoms. The number of ketones is 1. The Morgan fingerprint density at radius 3 is 2.64 bits per heavy atom. The van der Waals surface area contributed by atoms with E-state index in [4.69, 9.17) is 0 Å². The molecule has 74 valence electrons. The minimum Gasteiger partial charge on any atom is -0.294 e. The first-order valence-electron chi connectivity index (χ1n) is 4.89. The Labute approximate surface area is 88.9 Å². The van der Waals surface area contributed by atoms with Crippen molar-refractivity contribution in [2.45, 2.75) is 37.3 Å². The van der Waals surface area contributed by atoms with Gasteiger partial charge in [-0.15, -0.1) is 11.8 Å². The van der Waals surface area contributed by atoms with Crippen LogP contribution in [0.4, 0.5) is 0 Å². The third-order valence-electron chi connectivity index (χ3n) is 2.70. The molecule has 1 heterocycles. The number of Topliss-reactive ketones (excluding diaryl/α,β-unsaturated/α-hetero) is 1. The second kappa shape index (κ2) is 3.43. The highest BCUT2D eigenvalue weighted by Gasteiger charge is 2.23. The van der Waals surface area contributed by atoms with Gasteiger partial charge in [-0.25, -0.2) is 0 Å². The molecule has 0 spiro atoms. The van der Waals surface area contributed by atoms with E-state index in [0.29, 0.717) is 17.5 Å². The van der Waals surface area contributed by atoms with E-state index in [1.165, 1.54) is 11.1 Å². The van der Waals surface area contributed by atoms with Crippen LogP contribution in [0.2, 0.25) is 0 Å². The largest absolute Gasteiger partial charge is 0.294 e. The molecule has 0 bridgehead atoms. The maximum Gasteiger partial charge on any atom is 0.165 e. The summed E-state index contributed by atoms with van der Waals surface area (Å²) in [6, 6.07) is 4.18. The maximum absolute atomic E-state index is 11.7. The van der Waals surface area contributed by atoms with Crippen molar-refractivity contribution >= 4 is 17.5 Å². The lowest BCUT2D eigenvalue weighted by Crippen LogP contribution is -2.15. The Balaban J connectivity index is 2.55. The van der Waals surface area contributed by atoms with Gasteiger partial charge in [0.15, 0.2) is 5.78 Å². The van der Waals surface area contributed by atoms with E-state index >= 15 is 0 Å². The average Bonchev–Trinajstić information content (AvgIpc) is 2.08. The van der Waals surface area contributed by atoms with Crippen molar-refractivity contribution in [2.24, 2.45) is 0 Å². The summed E-state index contributed by atoms with van der Waals surface area (Å²) in [6.45, 7) is 6.27. The van der Waals surface area contributed by atoms with Gasteiger partial charge in [-0.3, -0.25) is 4.79 Å². The zero-order chi connectivity index (χ0) is 10.3. The van der Waals surface area contributed by atoms with E-state index in [2.05, 4.69) is 26.8 Å². The van der Waals surface area contributed by atoms with Crippen LogP contribution in [0.5, 0.6) is 0 Å². The molecule has 0 saturated carbocycles. The maximum atomic E-state index is 11.7. The summed E-state index contributed by atoms with van der Waals surface area (Å²) in [4.78, 5) is 12.9. The smallest absolute Gasteiger partial charge is 0.165 e. The van der Waals surface area contributed by atoms with Crippen molar-refractivity contribution in [1.29, 1.82) is 0 Å². The fraction of sp³-hybridized carbons (Fsp3) is 0.417. The lowest BCUT2D eigenvalue weighted by Gasteiger charge is -2.20. The van der Waals surface area contributed by atoms with Crippen LogP contribution in [0.3, 0.4) is 0 Å². The number of benzene rings is 1. The molecule has 0 fully saturated rings. The summed E-state index contributed by atoms with van der Waals surface area (Å²) in [6.07, 6.45) is 0.681. The van der Waals surface area contributed by atoms with Crippen LogP contribution in [-0.2, 0) is 0 Å². The fourth-order valence-electron chi connectivity index (χ4n) is 1.73. The van der Waals surface area contributed by atoms with Crippen LogP contribution in [0, 0.1) is 13.8 Å². The fourth-order valence-corrected chi connectivity index (χ4v) is 2.95. The van der Waals surface area contributed by atoms with Gasteiger partial charge in [0.05, 0.1) is 0 Å². The molecule has 0 aromatic heterocycles. The van der Waals surface area contributed by atoms with Gasteiger partial charge in [-0.1, -0.05) is 6.92 Å². The van der Waals surface area contributed by atoms with Crippen LogP contribution < -0.4 is 0 Å². The second-order valence-electron chi connectivity index (χ2n) is 3.99. The van der Waals surface area contributed by atoms with E-state index < -0.39 is 0 Å². The summed E-state index contributed by atoms with van der Waals surface area (Å²) < 4.78 is 0. The summed E-state index contributed by atoms with van der Waals surface area (Å²) in [5.74, 6) is 0.300. The van der Waals surface area contributed by atoms with Crippen molar-refractivity contribution in [1.82, 2.24) is 0 Å². The molecule has 1 aromatic rings. The molecular formula is C12H14OS. The minimum atomic E-state index is 0.300. The molecule has 1 atom stereocenters.